The predicted molar refractivity (Wildman–Crippen MR) is 53.0 cm³/mol. The largest absolute Gasteiger partial charge is 0.238 e. The molecule has 0 aliphatic rings. The Bertz CT molecular complexity index is 446. The van der Waals surface area contributed by atoms with E-state index >= 15 is 0 Å². The first-order valence-corrected chi connectivity index (χ1v) is 4.28. The third-order valence-electron chi connectivity index (χ3n) is 2.18. The number of hydrogen-bond acceptors (Lipinski definition) is 1. The molecule has 0 atom stereocenters. The molecular weight excluding hydrogens is 160 g/mol. The first-order valence-electron chi connectivity index (χ1n) is 4.78. The molecule has 0 fully saturated rings. The Hall–Kier alpha value is -1.57. The number of aromatic nitrogens is 2. The molecule has 0 aliphatic heterocycles. The van der Waals surface area contributed by atoms with E-state index in [-0.39, 0.29) is 0 Å². The first-order chi connectivity index (χ1) is 6.70. The molecule has 1 heterocycles. The van der Waals surface area contributed by atoms with Crippen molar-refractivity contribution in [1.29, 1.82) is 0 Å². The van der Waals surface area contributed by atoms with Crippen LogP contribution >= 0.6 is 0 Å². The molecule has 0 saturated heterocycles. The van der Waals surface area contributed by atoms with Gasteiger partial charge in [-0.2, -0.15) is 5.10 Å². The Labute approximate surface area is 79.2 Å². The van der Waals surface area contributed by atoms with E-state index in [2.05, 4.69) is 5.10 Å². The van der Waals surface area contributed by atoms with Gasteiger partial charge in [0.15, 0.2) is 0 Å². The van der Waals surface area contributed by atoms with Gasteiger partial charge in [-0.1, -0.05) is 18.2 Å². The van der Waals surface area contributed by atoms with E-state index in [1.807, 2.05) is 44.2 Å². The summed E-state index contributed by atoms with van der Waals surface area (Å²) in [5, 5.41) is 4.16. The highest BCUT2D eigenvalue weighted by Gasteiger charge is 2.02. The van der Waals surface area contributed by atoms with Crippen LogP contribution in [0.25, 0.3) is 5.69 Å². The van der Waals surface area contributed by atoms with Crippen molar-refractivity contribution in [3.05, 3.63) is 47.8 Å². The molecule has 0 bridgehead atoms. The van der Waals surface area contributed by atoms with E-state index in [0.29, 0.717) is 6.17 Å². The standard InChI is InChI=1S/C11H12N2/c1-9-8-12-13(10(9)2)11-6-4-3-5-7-11/h3-8H,1-2H3/i8D. The first kappa shape index (κ1) is 6.89. The molecule has 0 aliphatic carbocycles. The number of benzene rings is 1. The van der Waals surface area contributed by atoms with Crippen LogP contribution in [-0.4, -0.2) is 9.78 Å². The summed E-state index contributed by atoms with van der Waals surface area (Å²) in [6.45, 7) is 3.90. The minimum Gasteiger partial charge on any atom is -0.238 e. The minimum absolute atomic E-state index is 0.353. The molecule has 0 radical (unpaired) electrons. The minimum atomic E-state index is 0.353. The average Bonchev–Trinajstić information content (AvgIpc) is 2.47. The van der Waals surface area contributed by atoms with Gasteiger partial charge in [0, 0.05) is 5.69 Å². The molecule has 2 nitrogen and oxygen atoms in total. The van der Waals surface area contributed by atoms with Crippen molar-refractivity contribution in [1.82, 2.24) is 9.78 Å². The van der Waals surface area contributed by atoms with E-state index in [4.69, 9.17) is 1.37 Å². The van der Waals surface area contributed by atoms with Gasteiger partial charge in [0.25, 0.3) is 0 Å². The Balaban J connectivity index is 2.58. The van der Waals surface area contributed by atoms with Crippen LogP contribution < -0.4 is 0 Å². The maximum atomic E-state index is 7.60. The molecule has 1 aromatic heterocycles. The van der Waals surface area contributed by atoms with Gasteiger partial charge < -0.3 is 0 Å². The third-order valence-corrected chi connectivity index (χ3v) is 2.18. The van der Waals surface area contributed by atoms with Gasteiger partial charge in [0.05, 0.1) is 13.2 Å². The van der Waals surface area contributed by atoms with Crippen molar-refractivity contribution in [3.63, 3.8) is 0 Å². The maximum absolute atomic E-state index is 7.60. The van der Waals surface area contributed by atoms with Crippen LogP contribution in [0.15, 0.2) is 36.5 Å². The molecular formula is C11H12N2. The summed E-state index contributed by atoms with van der Waals surface area (Å²) in [4.78, 5) is 0. The van der Waals surface area contributed by atoms with Crippen molar-refractivity contribution < 1.29 is 1.37 Å². The molecule has 66 valence electrons. The maximum Gasteiger partial charge on any atom is 0.0863 e. The van der Waals surface area contributed by atoms with Gasteiger partial charge in [-0.15, -0.1) is 0 Å². The average molecular weight is 173 g/mol. The molecule has 0 saturated carbocycles. The van der Waals surface area contributed by atoms with Crippen LogP contribution in [0.2, 0.25) is 0 Å². The number of hydrogen-bond donors (Lipinski definition) is 0. The summed E-state index contributed by atoms with van der Waals surface area (Å²) >= 11 is 0. The van der Waals surface area contributed by atoms with Crippen molar-refractivity contribution in [2.24, 2.45) is 0 Å². The molecule has 13 heavy (non-hydrogen) atoms. The molecule has 2 aromatic rings. The molecule has 0 unspecified atom stereocenters. The Morgan fingerprint density at radius 1 is 1.23 bits per heavy atom. The van der Waals surface area contributed by atoms with Gasteiger partial charge in [0.2, 0.25) is 0 Å². The molecule has 2 heteroatoms. The lowest BCUT2D eigenvalue weighted by Gasteiger charge is -2.03. The SMILES string of the molecule is [2H]c1nn(-c2ccccc2)c(C)c1C. The second-order valence-corrected chi connectivity index (χ2v) is 3.07. The van der Waals surface area contributed by atoms with Gasteiger partial charge >= 0.3 is 0 Å². The zero-order valence-corrected chi connectivity index (χ0v) is 7.78. The highest BCUT2D eigenvalue weighted by molar-refractivity contribution is 5.33. The van der Waals surface area contributed by atoms with E-state index in [9.17, 15) is 0 Å². The summed E-state index contributed by atoms with van der Waals surface area (Å²) in [5.74, 6) is 0. The second-order valence-electron chi connectivity index (χ2n) is 3.07. The van der Waals surface area contributed by atoms with Crippen LogP contribution in [0.4, 0.5) is 0 Å². The smallest absolute Gasteiger partial charge is 0.0863 e. The number of rotatable bonds is 1. The van der Waals surface area contributed by atoms with Crippen molar-refractivity contribution in [3.8, 4) is 5.69 Å². The van der Waals surface area contributed by atoms with Crippen LogP contribution in [0.1, 0.15) is 12.6 Å². The lowest BCUT2D eigenvalue weighted by atomic mass is 10.3. The quantitative estimate of drug-likeness (QED) is 0.647. The molecule has 0 spiro atoms. The predicted octanol–water partition coefficient (Wildman–Crippen LogP) is 2.49. The van der Waals surface area contributed by atoms with Crippen molar-refractivity contribution in [2.45, 2.75) is 13.8 Å². The van der Waals surface area contributed by atoms with Crippen LogP contribution in [0.5, 0.6) is 0 Å². The van der Waals surface area contributed by atoms with E-state index < -0.39 is 0 Å². The summed E-state index contributed by atoms with van der Waals surface area (Å²) in [6, 6.07) is 9.87. The summed E-state index contributed by atoms with van der Waals surface area (Å²) < 4.78 is 9.40. The van der Waals surface area contributed by atoms with Crippen LogP contribution in [0, 0.1) is 13.8 Å². The highest BCUT2D eigenvalue weighted by Crippen LogP contribution is 2.11. The fourth-order valence-corrected chi connectivity index (χ4v) is 1.26. The molecule has 0 amide bonds. The van der Waals surface area contributed by atoms with Gasteiger partial charge in [0.1, 0.15) is 0 Å². The topological polar surface area (TPSA) is 17.8 Å². The Kier molecular flexibility index (Phi) is 1.62. The highest BCUT2D eigenvalue weighted by atomic mass is 15.3. The van der Waals surface area contributed by atoms with Gasteiger partial charge in [-0.25, -0.2) is 4.68 Å². The number of para-hydroxylation sites is 1. The van der Waals surface area contributed by atoms with Crippen molar-refractivity contribution in [2.75, 3.05) is 0 Å². The summed E-state index contributed by atoms with van der Waals surface area (Å²) in [5.41, 5.74) is 2.97. The van der Waals surface area contributed by atoms with Gasteiger partial charge in [-0.05, 0) is 31.5 Å². The van der Waals surface area contributed by atoms with Crippen molar-refractivity contribution >= 4 is 0 Å². The Morgan fingerprint density at radius 3 is 2.46 bits per heavy atom. The lowest BCUT2D eigenvalue weighted by Crippen LogP contribution is -1.97. The van der Waals surface area contributed by atoms with Gasteiger partial charge in [-0.3, -0.25) is 0 Å². The fraction of sp³-hybridized carbons (Fsp3) is 0.182. The monoisotopic (exact) mass is 173 g/mol. The molecule has 0 N–H and O–H groups in total. The van der Waals surface area contributed by atoms with Crippen LogP contribution in [0.3, 0.4) is 0 Å². The normalized spacial score (nSPS) is 11.4. The van der Waals surface area contributed by atoms with E-state index in [1.165, 1.54) is 0 Å². The Morgan fingerprint density at radius 2 is 1.92 bits per heavy atom. The molecule has 1 aromatic carbocycles. The fourth-order valence-electron chi connectivity index (χ4n) is 1.26. The van der Waals surface area contributed by atoms with E-state index in [0.717, 1.165) is 16.9 Å². The molecule has 2 rings (SSSR count). The van der Waals surface area contributed by atoms with E-state index in [1.54, 1.807) is 4.68 Å². The zero-order valence-electron chi connectivity index (χ0n) is 8.78. The summed E-state index contributed by atoms with van der Waals surface area (Å²) in [6.07, 6.45) is 0.353. The van der Waals surface area contributed by atoms with Crippen LogP contribution in [-0.2, 0) is 0 Å². The summed E-state index contributed by atoms with van der Waals surface area (Å²) in [7, 11) is 0. The zero-order chi connectivity index (χ0) is 10.1. The lowest BCUT2D eigenvalue weighted by molar-refractivity contribution is 0.846. The second kappa shape index (κ2) is 3.05. The third kappa shape index (κ3) is 1.35. The number of nitrogens with zero attached hydrogens (tertiary/aromatic N) is 2.